The number of anilines is 1. The van der Waals surface area contributed by atoms with E-state index in [9.17, 15) is 4.79 Å². The van der Waals surface area contributed by atoms with Gasteiger partial charge in [0.15, 0.2) is 6.29 Å². The molecule has 4 nitrogen and oxygen atoms in total. The number of piperazine rings is 1. The highest BCUT2D eigenvalue weighted by molar-refractivity contribution is 5.74. The fourth-order valence-electron chi connectivity index (χ4n) is 3.14. The maximum absolute atomic E-state index is 10.6. The molecule has 0 N–H and O–H groups in total. The van der Waals surface area contributed by atoms with Crippen LogP contribution in [0.5, 0.6) is 0 Å². The molecule has 4 heteroatoms. The molecule has 2 aliphatic rings. The van der Waals surface area contributed by atoms with Crippen LogP contribution in [0.2, 0.25) is 0 Å². The molecule has 2 unspecified atom stereocenters. The molecule has 1 aromatic rings. The first-order chi connectivity index (χ1) is 8.78. The summed E-state index contributed by atoms with van der Waals surface area (Å²) < 4.78 is 0. The number of pyridine rings is 1. The third-order valence-corrected chi connectivity index (χ3v) is 4.14. The second kappa shape index (κ2) is 4.69. The van der Waals surface area contributed by atoms with Gasteiger partial charge in [0.1, 0.15) is 5.82 Å². The van der Waals surface area contributed by atoms with Crippen molar-refractivity contribution in [2.24, 2.45) is 0 Å². The van der Waals surface area contributed by atoms with E-state index in [0.717, 1.165) is 25.2 Å². The Morgan fingerprint density at radius 1 is 1.39 bits per heavy atom. The van der Waals surface area contributed by atoms with Gasteiger partial charge in [0.05, 0.1) is 0 Å². The summed E-state index contributed by atoms with van der Waals surface area (Å²) in [4.78, 5) is 20.0. The first-order valence-corrected chi connectivity index (χ1v) is 6.70. The highest BCUT2D eigenvalue weighted by Crippen LogP contribution is 2.27. The first kappa shape index (κ1) is 11.7. The number of hydrogen-bond donors (Lipinski definition) is 0. The molecule has 3 rings (SSSR count). The Labute approximate surface area is 108 Å². The van der Waals surface area contributed by atoms with Crippen LogP contribution in [0.15, 0.2) is 18.3 Å². The number of rotatable bonds is 2. The van der Waals surface area contributed by atoms with E-state index < -0.39 is 0 Å². The Bertz CT molecular complexity index is 431. The fourth-order valence-corrected chi connectivity index (χ4v) is 3.14. The van der Waals surface area contributed by atoms with Crippen molar-refractivity contribution in [1.29, 1.82) is 0 Å². The monoisotopic (exact) mass is 245 g/mol. The molecule has 2 aliphatic heterocycles. The standard InChI is InChI=1S/C14H19N3O/c1-11-8-16-6-2-3-13(16)9-17(11)14-5-4-12(10-18)7-15-14/h4-5,7,10-11,13H,2-3,6,8-9H2,1H3. The molecule has 2 fully saturated rings. The van der Waals surface area contributed by atoms with Gasteiger partial charge in [-0.2, -0.15) is 0 Å². The Hall–Kier alpha value is -1.42. The Morgan fingerprint density at radius 3 is 3.00 bits per heavy atom. The van der Waals surface area contributed by atoms with E-state index in [2.05, 4.69) is 21.7 Å². The summed E-state index contributed by atoms with van der Waals surface area (Å²) in [7, 11) is 0. The molecule has 2 atom stereocenters. The van der Waals surface area contributed by atoms with Gasteiger partial charge in [0.2, 0.25) is 0 Å². The molecular weight excluding hydrogens is 226 g/mol. The zero-order chi connectivity index (χ0) is 12.5. The summed E-state index contributed by atoms with van der Waals surface area (Å²) >= 11 is 0. The van der Waals surface area contributed by atoms with Crippen molar-refractivity contribution in [2.75, 3.05) is 24.5 Å². The Morgan fingerprint density at radius 2 is 2.28 bits per heavy atom. The minimum atomic E-state index is 0.494. The number of carbonyl (C=O) groups is 1. The number of nitrogens with zero attached hydrogens (tertiary/aromatic N) is 3. The quantitative estimate of drug-likeness (QED) is 0.741. The van der Waals surface area contributed by atoms with Crippen LogP contribution in [-0.4, -0.2) is 47.9 Å². The van der Waals surface area contributed by atoms with Gasteiger partial charge in [0, 0.05) is 36.9 Å². The lowest BCUT2D eigenvalue weighted by molar-refractivity contribution is 0.112. The largest absolute Gasteiger partial charge is 0.351 e. The summed E-state index contributed by atoms with van der Waals surface area (Å²) in [6, 6.07) is 5.00. The second-order valence-corrected chi connectivity index (χ2v) is 5.36. The molecule has 0 saturated carbocycles. The van der Waals surface area contributed by atoms with Crippen LogP contribution in [0.1, 0.15) is 30.1 Å². The molecule has 0 radical (unpaired) electrons. The lowest BCUT2D eigenvalue weighted by Crippen LogP contribution is -2.55. The van der Waals surface area contributed by atoms with E-state index in [1.807, 2.05) is 12.1 Å². The fraction of sp³-hybridized carbons (Fsp3) is 0.571. The van der Waals surface area contributed by atoms with Crippen molar-refractivity contribution < 1.29 is 4.79 Å². The van der Waals surface area contributed by atoms with E-state index in [4.69, 9.17) is 0 Å². The third kappa shape index (κ3) is 2.01. The van der Waals surface area contributed by atoms with E-state index in [1.165, 1.54) is 19.4 Å². The molecule has 18 heavy (non-hydrogen) atoms. The maximum atomic E-state index is 10.6. The van der Waals surface area contributed by atoms with E-state index >= 15 is 0 Å². The number of aromatic nitrogens is 1. The molecule has 3 heterocycles. The SMILES string of the molecule is CC1CN2CCCC2CN1c1ccc(C=O)cn1. The predicted octanol–water partition coefficient (Wildman–Crippen LogP) is 1.57. The highest BCUT2D eigenvalue weighted by Gasteiger charge is 2.34. The van der Waals surface area contributed by atoms with Gasteiger partial charge in [-0.05, 0) is 38.4 Å². The number of aldehydes is 1. The predicted molar refractivity (Wildman–Crippen MR) is 71.0 cm³/mol. The molecular formula is C14H19N3O. The number of carbonyl (C=O) groups excluding carboxylic acids is 1. The van der Waals surface area contributed by atoms with Gasteiger partial charge in [-0.1, -0.05) is 0 Å². The van der Waals surface area contributed by atoms with Crippen molar-refractivity contribution in [2.45, 2.75) is 31.8 Å². The summed E-state index contributed by atoms with van der Waals surface area (Å²) in [5.41, 5.74) is 0.644. The average Bonchev–Trinajstić information content (AvgIpc) is 2.85. The van der Waals surface area contributed by atoms with Crippen LogP contribution in [0, 0.1) is 0 Å². The summed E-state index contributed by atoms with van der Waals surface area (Å²) in [6.45, 7) is 5.70. The molecule has 0 aromatic carbocycles. The lowest BCUT2D eigenvalue weighted by atomic mass is 10.1. The summed E-state index contributed by atoms with van der Waals surface area (Å²) in [6.07, 6.45) is 5.13. The van der Waals surface area contributed by atoms with Gasteiger partial charge in [-0.15, -0.1) is 0 Å². The van der Waals surface area contributed by atoms with Crippen LogP contribution in [0.3, 0.4) is 0 Å². The minimum absolute atomic E-state index is 0.494. The van der Waals surface area contributed by atoms with Gasteiger partial charge < -0.3 is 4.90 Å². The zero-order valence-corrected chi connectivity index (χ0v) is 10.7. The first-order valence-electron chi connectivity index (χ1n) is 6.70. The average molecular weight is 245 g/mol. The number of hydrogen-bond acceptors (Lipinski definition) is 4. The van der Waals surface area contributed by atoms with Crippen molar-refractivity contribution in [3.63, 3.8) is 0 Å². The van der Waals surface area contributed by atoms with Crippen LogP contribution in [-0.2, 0) is 0 Å². The van der Waals surface area contributed by atoms with E-state index in [-0.39, 0.29) is 0 Å². The number of fused-ring (bicyclic) bond motifs is 1. The smallest absolute Gasteiger partial charge is 0.151 e. The van der Waals surface area contributed by atoms with E-state index in [1.54, 1.807) is 6.20 Å². The normalized spacial score (nSPS) is 28.2. The second-order valence-electron chi connectivity index (χ2n) is 5.36. The minimum Gasteiger partial charge on any atom is -0.351 e. The molecule has 0 bridgehead atoms. The molecule has 0 aliphatic carbocycles. The molecule has 0 amide bonds. The van der Waals surface area contributed by atoms with Crippen molar-refractivity contribution in [3.05, 3.63) is 23.9 Å². The zero-order valence-electron chi connectivity index (χ0n) is 10.7. The van der Waals surface area contributed by atoms with Crippen molar-refractivity contribution >= 4 is 12.1 Å². The maximum Gasteiger partial charge on any atom is 0.151 e. The summed E-state index contributed by atoms with van der Waals surface area (Å²) in [5, 5.41) is 0. The molecule has 2 saturated heterocycles. The summed E-state index contributed by atoms with van der Waals surface area (Å²) in [5.74, 6) is 1.000. The van der Waals surface area contributed by atoms with Gasteiger partial charge in [-0.25, -0.2) is 4.98 Å². The van der Waals surface area contributed by atoms with Gasteiger partial charge in [-0.3, -0.25) is 9.69 Å². The molecule has 96 valence electrons. The van der Waals surface area contributed by atoms with Crippen LogP contribution in [0.25, 0.3) is 0 Å². The van der Waals surface area contributed by atoms with Crippen molar-refractivity contribution in [1.82, 2.24) is 9.88 Å². The molecule has 0 spiro atoms. The third-order valence-electron chi connectivity index (χ3n) is 4.14. The van der Waals surface area contributed by atoms with Gasteiger partial charge >= 0.3 is 0 Å². The Balaban J connectivity index is 1.79. The lowest BCUT2D eigenvalue weighted by Gasteiger charge is -2.43. The van der Waals surface area contributed by atoms with Crippen LogP contribution >= 0.6 is 0 Å². The molecule has 1 aromatic heterocycles. The highest BCUT2D eigenvalue weighted by atomic mass is 16.1. The van der Waals surface area contributed by atoms with E-state index in [0.29, 0.717) is 17.6 Å². The van der Waals surface area contributed by atoms with Crippen LogP contribution < -0.4 is 4.90 Å². The van der Waals surface area contributed by atoms with Gasteiger partial charge in [0.25, 0.3) is 0 Å². The topological polar surface area (TPSA) is 36.4 Å². The van der Waals surface area contributed by atoms with Crippen molar-refractivity contribution in [3.8, 4) is 0 Å². The Kier molecular flexibility index (Phi) is 3.04. The van der Waals surface area contributed by atoms with Crippen LogP contribution in [0.4, 0.5) is 5.82 Å².